The first kappa shape index (κ1) is 19.8. The summed E-state index contributed by atoms with van der Waals surface area (Å²) in [5, 5.41) is 3.48. The molecule has 0 radical (unpaired) electrons. The van der Waals surface area contributed by atoms with Gasteiger partial charge in [0, 0.05) is 35.7 Å². The van der Waals surface area contributed by atoms with Crippen LogP contribution in [0.3, 0.4) is 0 Å². The standard InChI is InChI=1S/C21H20BrN3O3/c1-13-10-14(22)8-9-17(13)23-19(26)12-24(2)21(28)16-11-20(27)25(3)18-7-5-4-6-15(16)18/h4-11H,12H2,1-3H3,(H,23,26). The minimum atomic E-state index is -0.378. The van der Waals surface area contributed by atoms with Crippen LogP contribution in [0, 0.1) is 6.92 Å². The van der Waals surface area contributed by atoms with Crippen LogP contribution in [0.5, 0.6) is 0 Å². The highest BCUT2D eigenvalue weighted by atomic mass is 79.9. The highest BCUT2D eigenvalue weighted by Gasteiger charge is 2.19. The number of halogens is 1. The maximum Gasteiger partial charge on any atom is 0.254 e. The lowest BCUT2D eigenvalue weighted by molar-refractivity contribution is -0.116. The van der Waals surface area contributed by atoms with Gasteiger partial charge in [0.15, 0.2) is 0 Å². The molecule has 0 bridgehead atoms. The first-order valence-electron chi connectivity index (χ1n) is 8.68. The van der Waals surface area contributed by atoms with Crippen molar-refractivity contribution in [1.82, 2.24) is 9.47 Å². The lowest BCUT2D eigenvalue weighted by atomic mass is 10.1. The number of aryl methyl sites for hydroxylation is 2. The van der Waals surface area contributed by atoms with E-state index < -0.39 is 0 Å². The van der Waals surface area contributed by atoms with Crippen molar-refractivity contribution in [2.24, 2.45) is 7.05 Å². The topological polar surface area (TPSA) is 71.4 Å². The quantitative estimate of drug-likeness (QED) is 0.674. The van der Waals surface area contributed by atoms with Crippen LogP contribution in [0.15, 0.2) is 57.8 Å². The fraction of sp³-hybridized carbons (Fsp3) is 0.190. The second-order valence-electron chi connectivity index (χ2n) is 6.64. The predicted octanol–water partition coefficient (Wildman–Crippen LogP) is 3.32. The van der Waals surface area contributed by atoms with Gasteiger partial charge in [-0.25, -0.2) is 0 Å². The summed E-state index contributed by atoms with van der Waals surface area (Å²) in [7, 11) is 3.21. The van der Waals surface area contributed by atoms with E-state index in [0.29, 0.717) is 16.6 Å². The molecule has 3 aromatic rings. The van der Waals surface area contributed by atoms with Crippen LogP contribution < -0.4 is 10.9 Å². The van der Waals surface area contributed by atoms with E-state index in [9.17, 15) is 14.4 Å². The highest BCUT2D eigenvalue weighted by molar-refractivity contribution is 9.10. The molecule has 2 aromatic carbocycles. The van der Waals surface area contributed by atoms with E-state index in [1.165, 1.54) is 15.5 Å². The third-order valence-electron chi connectivity index (χ3n) is 4.57. The lowest BCUT2D eigenvalue weighted by Gasteiger charge is -2.19. The van der Waals surface area contributed by atoms with Crippen LogP contribution in [-0.2, 0) is 11.8 Å². The van der Waals surface area contributed by atoms with Crippen molar-refractivity contribution < 1.29 is 9.59 Å². The first-order valence-corrected chi connectivity index (χ1v) is 9.47. The number of likely N-dealkylation sites (N-methyl/N-ethyl adjacent to an activating group) is 1. The van der Waals surface area contributed by atoms with Crippen LogP contribution >= 0.6 is 15.9 Å². The summed E-state index contributed by atoms with van der Waals surface area (Å²) in [4.78, 5) is 38.8. The molecule has 0 aliphatic rings. The van der Waals surface area contributed by atoms with Crippen LogP contribution in [-0.4, -0.2) is 34.9 Å². The van der Waals surface area contributed by atoms with Crippen molar-refractivity contribution in [3.8, 4) is 0 Å². The summed E-state index contributed by atoms with van der Waals surface area (Å²) < 4.78 is 2.42. The number of rotatable bonds is 4. The Kier molecular flexibility index (Phi) is 5.65. The van der Waals surface area contributed by atoms with E-state index >= 15 is 0 Å². The zero-order valence-corrected chi connectivity index (χ0v) is 17.4. The van der Waals surface area contributed by atoms with Gasteiger partial charge in [-0.2, -0.15) is 0 Å². The number of hydrogen-bond donors (Lipinski definition) is 1. The van der Waals surface area contributed by atoms with Gasteiger partial charge >= 0.3 is 0 Å². The van der Waals surface area contributed by atoms with Crippen LogP contribution in [0.1, 0.15) is 15.9 Å². The van der Waals surface area contributed by atoms with E-state index in [-0.39, 0.29) is 29.5 Å². The van der Waals surface area contributed by atoms with Crippen LogP contribution in [0.2, 0.25) is 0 Å². The van der Waals surface area contributed by atoms with Gasteiger partial charge < -0.3 is 14.8 Å². The van der Waals surface area contributed by atoms with Crippen molar-refractivity contribution in [2.45, 2.75) is 6.92 Å². The molecule has 0 unspecified atom stereocenters. The molecule has 0 saturated carbocycles. The zero-order valence-electron chi connectivity index (χ0n) is 15.8. The molecule has 3 rings (SSSR count). The number of nitrogens with one attached hydrogen (secondary N) is 1. The van der Waals surface area contributed by atoms with E-state index in [1.54, 1.807) is 32.3 Å². The molecule has 0 spiro atoms. The molecule has 1 N–H and O–H groups in total. The monoisotopic (exact) mass is 441 g/mol. The molecule has 0 aliphatic heterocycles. The van der Waals surface area contributed by atoms with Crippen LogP contribution in [0.25, 0.3) is 10.9 Å². The maximum absolute atomic E-state index is 12.9. The predicted molar refractivity (Wildman–Crippen MR) is 114 cm³/mol. The zero-order chi connectivity index (χ0) is 20.4. The molecule has 144 valence electrons. The molecule has 0 fully saturated rings. The van der Waals surface area contributed by atoms with Gasteiger partial charge in [0.2, 0.25) is 5.91 Å². The molecule has 6 nitrogen and oxygen atoms in total. The summed E-state index contributed by atoms with van der Waals surface area (Å²) in [5.74, 6) is -0.689. The Morgan fingerprint density at radius 2 is 1.86 bits per heavy atom. The third-order valence-corrected chi connectivity index (χ3v) is 5.07. The molecule has 1 aromatic heterocycles. The molecule has 0 aliphatic carbocycles. The summed E-state index contributed by atoms with van der Waals surface area (Å²) in [6, 6.07) is 14.1. The smallest absolute Gasteiger partial charge is 0.254 e. The Balaban J connectivity index is 1.81. The van der Waals surface area contributed by atoms with Crippen LogP contribution in [0.4, 0.5) is 5.69 Å². The van der Waals surface area contributed by atoms with E-state index in [2.05, 4.69) is 21.2 Å². The Morgan fingerprint density at radius 1 is 1.14 bits per heavy atom. The summed E-state index contributed by atoms with van der Waals surface area (Å²) >= 11 is 3.39. The second kappa shape index (κ2) is 7.98. The highest BCUT2D eigenvalue weighted by Crippen LogP contribution is 2.20. The molecular formula is C21H20BrN3O3. The largest absolute Gasteiger partial charge is 0.332 e. The Hall–Kier alpha value is -2.93. The van der Waals surface area contributed by atoms with E-state index in [4.69, 9.17) is 0 Å². The number of para-hydroxylation sites is 1. The van der Waals surface area contributed by atoms with Gasteiger partial charge in [-0.3, -0.25) is 14.4 Å². The van der Waals surface area contributed by atoms with Crippen molar-refractivity contribution in [2.75, 3.05) is 18.9 Å². The lowest BCUT2D eigenvalue weighted by Crippen LogP contribution is -2.36. The molecule has 0 saturated heterocycles. The molecule has 28 heavy (non-hydrogen) atoms. The number of pyridine rings is 1. The van der Waals surface area contributed by atoms with Crippen molar-refractivity contribution in [1.29, 1.82) is 0 Å². The van der Waals surface area contributed by atoms with Crippen molar-refractivity contribution in [3.05, 3.63) is 74.5 Å². The number of benzene rings is 2. The first-order chi connectivity index (χ1) is 13.3. The van der Waals surface area contributed by atoms with Gasteiger partial charge in [-0.1, -0.05) is 34.1 Å². The Labute approximate surface area is 170 Å². The average Bonchev–Trinajstić information content (AvgIpc) is 2.66. The SMILES string of the molecule is Cc1cc(Br)ccc1NC(=O)CN(C)C(=O)c1cc(=O)n(C)c2ccccc12. The minimum Gasteiger partial charge on any atom is -0.332 e. The molecule has 7 heteroatoms. The van der Waals surface area contributed by atoms with Gasteiger partial charge in [0.1, 0.15) is 0 Å². The van der Waals surface area contributed by atoms with E-state index in [0.717, 1.165) is 10.0 Å². The van der Waals surface area contributed by atoms with Gasteiger partial charge in [-0.15, -0.1) is 0 Å². The second-order valence-corrected chi connectivity index (χ2v) is 7.56. The van der Waals surface area contributed by atoms with Gasteiger partial charge in [0.05, 0.1) is 17.6 Å². The fourth-order valence-electron chi connectivity index (χ4n) is 3.04. The third kappa shape index (κ3) is 3.99. The minimum absolute atomic E-state index is 0.127. The molecule has 2 amide bonds. The number of fused-ring (bicyclic) bond motifs is 1. The van der Waals surface area contributed by atoms with Gasteiger partial charge in [0.25, 0.3) is 11.5 Å². The number of anilines is 1. The summed E-state index contributed by atoms with van der Waals surface area (Å²) in [6.45, 7) is 1.76. The van der Waals surface area contributed by atoms with Gasteiger partial charge in [-0.05, 0) is 36.8 Å². The Morgan fingerprint density at radius 3 is 2.57 bits per heavy atom. The number of amides is 2. The fourth-order valence-corrected chi connectivity index (χ4v) is 3.51. The number of hydrogen-bond acceptors (Lipinski definition) is 3. The van der Waals surface area contributed by atoms with E-state index in [1.807, 2.05) is 31.2 Å². The maximum atomic E-state index is 12.9. The number of carbonyl (C=O) groups excluding carboxylic acids is 2. The molecular weight excluding hydrogens is 422 g/mol. The summed E-state index contributed by atoms with van der Waals surface area (Å²) in [5.41, 5.74) is 2.28. The molecule has 1 heterocycles. The van der Waals surface area contributed by atoms with Crippen molar-refractivity contribution in [3.63, 3.8) is 0 Å². The Bertz CT molecular complexity index is 1140. The number of carbonyl (C=O) groups is 2. The number of aromatic nitrogens is 1. The summed E-state index contributed by atoms with van der Waals surface area (Å²) in [6.07, 6.45) is 0. The normalized spacial score (nSPS) is 10.7. The molecule has 0 atom stereocenters. The number of nitrogens with zero attached hydrogens (tertiary/aromatic N) is 2. The van der Waals surface area contributed by atoms with Crippen molar-refractivity contribution >= 4 is 44.3 Å². The average molecular weight is 442 g/mol.